The predicted molar refractivity (Wildman–Crippen MR) is 136 cm³/mol. The van der Waals surface area contributed by atoms with Crippen molar-refractivity contribution in [3.63, 3.8) is 0 Å². The number of nitrogens with zero attached hydrogens (tertiary/aromatic N) is 1. The summed E-state index contributed by atoms with van der Waals surface area (Å²) in [6.07, 6.45) is 0. The Bertz CT molecular complexity index is 1350. The van der Waals surface area contributed by atoms with Crippen LogP contribution < -0.4 is 14.4 Å². The molecule has 1 aliphatic rings. The molecule has 0 saturated carbocycles. The molecule has 1 amide bonds. The summed E-state index contributed by atoms with van der Waals surface area (Å²) >= 11 is 0. The molecule has 180 valence electrons. The highest BCUT2D eigenvalue weighted by molar-refractivity contribution is 6.51. The molecular formula is C29H29NO5. The molecule has 3 aromatic rings. The molecule has 6 nitrogen and oxygen atoms in total. The Kier molecular flexibility index (Phi) is 6.39. The molecule has 0 aliphatic carbocycles. The second-order valence-electron chi connectivity index (χ2n) is 8.89. The summed E-state index contributed by atoms with van der Waals surface area (Å²) in [4.78, 5) is 28.5. The SMILES string of the molecule is COc1ccc(C2/C(=C(\O)c3cc(C)cc(C)c3OC)C(=O)C(=O)N2c2cc(C)ccc2C)cc1. The Hall–Kier alpha value is -4.06. The Morgan fingerprint density at radius 1 is 0.829 bits per heavy atom. The Morgan fingerprint density at radius 2 is 1.51 bits per heavy atom. The first-order chi connectivity index (χ1) is 16.7. The van der Waals surface area contributed by atoms with E-state index in [1.807, 2.05) is 52.0 Å². The molecule has 1 heterocycles. The number of benzene rings is 3. The van der Waals surface area contributed by atoms with Crippen molar-refractivity contribution in [3.8, 4) is 11.5 Å². The van der Waals surface area contributed by atoms with Gasteiger partial charge in [0, 0.05) is 5.69 Å². The molecule has 1 fully saturated rings. The number of hydrogen-bond donors (Lipinski definition) is 1. The van der Waals surface area contributed by atoms with Crippen LogP contribution >= 0.6 is 0 Å². The van der Waals surface area contributed by atoms with Gasteiger partial charge in [0.1, 0.15) is 17.3 Å². The lowest BCUT2D eigenvalue weighted by molar-refractivity contribution is -0.132. The number of rotatable bonds is 5. The summed E-state index contributed by atoms with van der Waals surface area (Å²) in [5.41, 5.74) is 5.22. The number of hydrogen-bond acceptors (Lipinski definition) is 5. The zero-order valence-electron chi connectivity index (χ0n) is 20.8. The number of carbonyl (C=O) groups is 2. The molecule has 0 spiro atoms. The van der Waals surface area contributed by atoms with E-state index in [9.17, 15) is 14.7 Å². The molecule has 4 rings (SSSR count). The van der Waals surface area contributed by atoms with E-state index < -0.39 is 17.7 Å². The first-order valence-corrected chi connectivity index (χ1v) is 11.4. The summed E-state index contributed by atoms with van der Waals surface area (Å²) in [5.74, 6) is -0.594. The van der Waals surface area contributed by atoms with Gasteiger partial charge in [-0.1, -0.05) is 30.3 Å². The molecule has 1 N–H and O–H groups in total. The predicted octanol–water partition coefficient (Wildman–Crippen LogP) is 5.56. The average molecular weight is 472 g/mol. The van der Waals surface area contributed by atoms with Gasteiger partial charge in [-0.2, -0.15) is 0 Å². The van der Waals surface area contributed by atoms with Crippen molar-refractivity contribution in [2.45, 2.75) is 33.7 Å². The van der Waals surface area contributed by atoms with Crippen LogP contribution in [0.5, 0.6) is 11.5 Å². The number of anilines is 1. The maximum atomic E-state index is 13.5. The van der Waals surface area contributed by atoms with Crippen molar-refractivity contribution in [3.05, 3.63) is 93.6 Å². The zero-order chi connectivity index (χ0) is 25.4. The molecule has 3 aromatic carbocycles. The summed E-state index contributed by atoms with van der Waals surface area (Å²) in [7, 11) is 3.09. The number of methoxy groups -OCH3 is 2. The molecule has 1 atom stereocenters. The molecule has 1 saturated heterocycles. The van der Waals surface area contributed by atoms with Crippen molar-refractivity contribution in [1.82, 2.24) is 0 Å². The minimum Gasteiger partial charge on any atom is -0.507 e. The van der Waals surface area contributed by atoms with Gasteiger partial charge in [-0.3, -0.25) is 14.5 Å². The minimum atomic E-state index is -0.827. The first-order valence-electron chi connectivity index (χ1n) is 11.4. The number of aryl methyl sites for hydroxylation is 4. The fourth-order valence-corrected chi connectivity index (χ4v) is 4.71. The van der Waals surface area contributed by atoms with Gasteiger partial charge in [0.2, 0.25) is 0 Å². The van der Waals surface area contributed by atoms with E-state index in [1.165, 1.54) is 12.0 Å². The van der Waals surface area contributed by atoms with E-state index >= 15 is 0 Å². The number of ketones is 1. The Morgan fingerprint density at radius 3 is 2.14 bits per heavy atom. The summed E-state index contributed by atoms with van der Waals surface area (Å²) < 4.78 is 10.9. The number of aliphatic hydroxyl groups excluding tert-OH is 1. The van der Waals surface area contributed by atoms with Crippen LogP contribution in [0.4, 0.5) is 5.69 Å². The van der Waals surface area contributed by atoms with Crippen molar-refractivity contribution < 1.29 is 24.2 Å². The topological polar surface area (TPSA) is 76.1 Å². The van der Waals surface area contributed by atoms with Crippen molar-refractivity contribution >= 4 is 23.1 Å². The molecule has 1 unspecified atom stereocenters. The number of ether oxygens (including phenoxy) is 2. The van der Waals surface area contributed by atoms with Crippen molar-refractivity contribution in [2.24, 2.45) is 0 Å². The molecule has 0 radical (unpaired) electrons. The van der Waals surface area contributed by atoms with Gasteiger partial charge in [0.25, 0.3) is 11.7 Å². The van der Waals surface area contributed by atoms with E-state index in [0.717, 1.165) is 22.3 Å². The van der Waals surface area contributed by atoms with Crippen LogP contribution in [0, 0.1) is 27.7 Å². The normalized spacial score (nSPS) is 17.1. The first kappa shape index (κ1) is 24.1. The molecular weight excluding hydrogens is 442 g/mol. The van der Waals surface area contributed by atoms with Crippen LogP contribution in [0.3, 0.4) is 0 Å². The molecule has 0 bridgehead atoms. The largest absolute Gasteiger partial charge is 0.507 e. The third-order valence-electron chi connectivity index (χ3n) is 6.38. The van der Waals surface area contributed by atoms with Crippen LogP contribution in [0.1, 0.15) is 39.4 Å². The van der Waals surface area contributed by atoms with Crippen LogP contribution in [-0.2, 0) is 9.59 Å². The molecule has 35 heavy (non-hydrogen) atoms. The number of carbonyl (C=O) groups excluding carboxylic acids is 2. The summed E-state index contributed by atoms with van der Waals surface area (Å²) in [6, 6.07) is 15.8. The maximum Gasteiger partial charge on any atom is 0.300 e. The Labute approximate surface area is 205 Å². The van der Waals surface area contributed by atoms with E-state index in [0.29, 0.717) is 28.3 Å². The molecule has 1 aliphatic heterocycles. The van der Waals surface area contributed by atoms with Gasteiger partial charge < -0.3 is 14.6 Å². The molecule has 0 aromatic heterocycles. The monoisotopic (exact) mass is 471 g/mol. The number of aliphatic hydroxyl groups is 1. The second kappa shape index (κ2) is 9.29. The second-order valence-corrected chi connectivity index (χ2v) is 8.89. The Balaban J connectivity index is 2.03. The maximum absolute atomic E-state index is 13.5. The van der Waals surface area contributed by atoms with Crippen LogP contribution in [0.25, 0.3) is 5.76 Å². The average Bonchev–Trinajstić information content (AvgIpc) is 3.10. The van der Waals surface area contributed by atoms with Crippen LogP contribution in [0.15, 0.2) is 60.2 Å². The number of Topliss-reactive ketones (excluding diaryl/α,β-unsaturated/α-hetero) is 1. The van der Waals surface area contributed by atoms with Crippen molar-refractivity contribution in [2.75, 3.05) is 19.1 Å². The third kappa shape index (κ3) is 4.16. The van der Waals surface area contributed by atoms with Gasteiger partial charge in [0.05, 0.1) is 31.4 Å². The van der Waals surface area contributed by atoms with Crippen molar-refractivity contribution in [1.29, 1.82) is 0 Å². The van der Waals surface area contributed by atoms with Gasteiger partial charge in [0.15, 0.2) is 0 Å². The van der Waals surface area contributed by atoms with Gasteiger partial charge in [-0.05, 0) is 79.8 Å². The van der Waals surface area contributed by atoms with Gasteiger partial charge in [-0.25, -0.2) is 0 Å². The zero-order valence-corrected chi connectivity index (χ0v) is 20.8. The standard InChI is InChI=1S/C29H29NO5/c1-16-7-8-18(3)23(15-16)30-25(20-9-11-21(34-5)12-10-20)24(27(32)29(30)33)26(31)22-14-17(2)13-19(4)28(22)35-6/h7-15,25,31H,1-6H3/b26-24+. The highest BCUT2D eigenvalue weighted by atomic mass is 16.5. The quantitative estimate of drug-likeness (QED) is 0.299. The third-order valence-corrected chi connectivity index (χ3v) is 6.38. The minimum absolute atomic E-state index is 0.0179. The fourth-order valence-electron chi connectivity index (χ4n) is 4.71. The smallest absolute Gasteiger partial charge is 0.300 e. The van der Waals surface area contributed by atoms with E-state index in [1.54, 1.807) is 37.4 Å². The summed E-state index contributed by atoms with van der Waals surface area (Å²) in [6.45, 7) is 7.60. The van der Waals surface area contributed by atoms with E-state index in [2.05, 4.69) is 0 Å². The highest BCUT2D eigenvalue weighted by Crippen LogP contribution is 2.45. The van der Waals surface area contributed by atoms with E-state index in [4.69, 9.17) is 9.47 Å². The lowest BCUT2D eigenvalue weighted by atomic mass is 9.93. The van der Waals surface area contributed by atoms with Gasteiger partial charge >= 0.3 is 0 Å². The fraction of sp³-hybridized carbons (Fsp3) is 0.241. The lowest BCUT2D eigenvalue weighted by Gasteiger charge is -2.27. The molecule has 6 heteroatoms. The van der Waals surface area contributed by atoms with Crippen LogP contribution in [-0.4, -0.2) is 31.0 Å². The highest BCUT2D eigenvalue weighted by Gasteiger charge is 2.47. The van der Waals surface area contributed by atoms with Crippen LogP contribution in [0.2, 0.25) is 0 Å². The van der Waals surface area contributed by atoms with Gasteiger partial charge in [-0.15, -0.1) is 0 Å². The lowest BCUT2D eigenvalue weighted by Crippen LogP contribution is -2.30. The summed E-state index contributed by atoms with van der Waals surface area (Å²) in [5, 5.41) is 11.6. The number of amides is 1. The van der Waals surface area contributed by atoms with E-state index in [-0.39, 0.29) is 11.3 Å².